The van der Waals surface area contributed by atoms with Crippen molar-refractivity contribution in [3.05, 3.63) is 369 Å². The van der Waals surface area contributed by atoms with Crippen molar-refractivity contribution in [1.29, 1.82) is 0 Å². The molecule has 16 rings (SSSR count). The molecule has 0 saturated heterocycles. The number of rotatable bonds is 27. The van der Waals surface area contributed by atoms with Crippen molar-refractivity contribution >= 4 is 142 Å². The van der Waals surface area contributed by atoms with Gasteiger partial charge in [-0.05, 0) is 219 Å². The third-order valence-electron chi connectivity index (χ3n) is 19.4. The Morgan fingerprint density at radius 3 is 0.923 bits per heavy atom. The van der Waals surface area contributed by atoms with Gasteiger partial charge in [0.2, 0.25) is 0 Å². The lowest BCUT2D eigenvalue weighted by molar-refractivity contribution is -0.0591. The Kier molecular flexibility index (Phi) is 33.2. The van der Waals surface area contributed by atoms with Gasteiger partial charge in [0.25, 0.3) is 0 Å². The van der Waals surface area contributed by atoms with E-state index in [-0.39, 0.29) is 0 Å². The number of aliphatic hydroxyl groups is 8. The van der Waals surface area contributed by atoms with Crippen LogP contribution in [0.15, 0.2) is 314 Å². The predicted octanol–water partition coefficient (Wildman–Crippen LogP) is 27.5. The van der Waals surface area contributed by atoms with Crippen LogP contribution < -0.4 is 0 Å². The van der Waals surface area contributed by atoms with Gasteiger partial charge in [0.15, 0.2) is 0 Å². The van der Waals surface area contributed by atoms with E-state index in [1.54, 1.807) is 131 Å². The van der Waals surface area contributed by atoms with Gasteiger partial charge in [-0.15, -0.1) is 143 Å². The standard InChI is InChI=1S/C23H20OS2.C18H16OS2.C17H16OS2.C14H18OS2.C14H16OS2.C11H12O3S2/c24-23(16-18-8-3-1-4-9-18,17-19-10-5-2-6-11-19)20-13-15-26-22(20)21-12-7-14-25-21;1-18(19,11-9-14-6-3-2-4-7-14)15-10-13-21-17(15)16-8-5-12-20-16;1-17(18,12-13-6-3-2-4-7-13)14-9-11-20-16(14)15-8-5-10-19-15;1-10(2)9-14(3,15)11-6-8-17-13(11)12-5-4-7-16-12;1-3-4-8-14(2,15)11-7-10-17-13(11)12-6-5-9-16-12;12-6-11(14,7-13)8-3-5-16-10(8)9-2-1-4-15-9/h1-15,24H,16-17H2;2-13,19H,1H3;2-11,18H,12H2,1H3;4-8,10,15H,9H2,1-3H3;3,5-7,9-10,15H,1,4,8H2,2H3;1-5,12-14H,6-7H2. The summed E-state index contributed by atoms with van der Waals surface area (Å²) in [6.07, 6.45) is 9.84. The maximum Gasteiger partial charge on any atom is 0.137 e. The molecule has 4 atom stereocenters. The van der Waals surface area contributed by atoms with Crippen molar-refractivity contribution in [3.63, 3.8) is 0 Å². The summed E-state index contributed by atoms with van der Waals surface area (Å²) in [5.74, 6) is 0.487. The van der Waals surface area contributed by atoms with E-state index >= 15 is 0 Å². The Morgan fingerprint density at radius 2 is 0.598 bits per heavy atom. The van der Waals surface area contributed by atoms with E-state index in [1.807, 2.05) is 195 Å². The highest BCUT2D eigenvalue weighted by atomic mass is 32.1. The van der Waals surface area contributed by atoms with Crippen LogP contribution in [0.5, 0.6) is 0 Å². The number of hydrogen-bond donors (Lipinski definition) is 8. The molecule has 0 saturated carbocycles. The molecule has 0 radical (unpaired) electrons. The molecule has 8 nitrogen and oxygen atoms in total. The minimum absolute atomic E-state index is 0.487. The van der Waals surface area contributed by atoms with Gasteiger partial charge < -0.3 is 40.9 Å². The average molecular weight is 1780 g/mol. The van der Waals surface area contributed by atoms with Crippen LogP contribution in [0, 0.1) is 5.92 Å². The minimum Gasteiger partial charge on any atom is -0.393 e. The van der Waals surface area contributed by atoms with Crippen LogP contribution in [0.3, 0.4) is 0 Å². The van der Waals surface area contributed by atoms with Crippen LogP contribution >= 0.6 is 136 Å². The van der Waals surface area contributed by atoms with E-state index in [0.29, 0.717) is 37.2 Å². The lowest BCUT2D eigenvalue weighted by atomic mass is 9.82. The summed E-state index contributed by atoms with van der Waals surface area (Å²) in [5, 5.41) is 108. The third-order valence-corrected chi connectivity index (χ3v) is 31.2. The van der Waals surface area contributed by atoms with Crippen LogP contribution in [-0.4, -0.2) is 54.1 Å². The first-order valence-electron chi connectivity index (χ1n) is 38.2. The summed E-state index contributed by atoms with van der Waals surface area (Å²) in [7, 11) is 0. The minimum atomic E-state index is -1.56. The first-order valence-corrected chi connectivity index (χ1v) is 48.7. The SMILES string of the molecule is C=CCCC(C)(O)c1ccsc1-c1cccs1.CC(C)CC(C)(O)c1ccsc1-c1cccs1.CC(O)(C=Cc1ccccc1)c1ccsc1-c1cccs1.CC(O)(Cc1ccccc1)c1ccsc1-c1cccs1.OC(Cc1ccccc1)(Cc1ccccc1)c1ccsc1-c1cccs1.OCC(O)(CO)c1ccsc1-c1cccs1. The molecule has 4 aromatic carbocycles. The Labute approximate surface area is 736 Å². The van der Waals surface area contributed by atoms with Gasteiger partial charge in [0.05, 0.1) is 64.9 Å². The molecule has 12 heterocycles. The Morgan fingerprint density at radius 1 is 0.308 bits per heavy atom. The topological polar surface area (TPSA) is 162 Å². The van der Waals surface area contributed by atoms with Gasteiger partial charge in [-0.3, -0.25) is 0 Å². The summed E-state index contributed by atoms with van der Waals surface area (Å²) in [6, 6.07) is 77.4. The van der Waals surface area contributed by atoms with Crippen molar-refractivity contribution in [2.75, 3.05) is 13.2 Å². The highest BCUT2D eigenvalue weighted by Gasteiger charge is 2.36. The van der Waals surface area contributed by atoms with Gasteiger partial charge in [-0.1, -0.05) is 184 Å². The summed E-state index contributed by atoms with van der Waals surface area (Å²) < 4.78 is 0. The molecule has 0 spiro atoms. The molecular formula is C97H98O8S12. The highest BCUT2D eigenvalue weighted by Crippen LogP contribution is 2.47. The Hall–Kier alpha value is -7.56. The fourth-order valence-corrected chi connectivity index (χ4v) is 25.0. The lowest BCUT2D eigenvalue weighted by Crippen LogP contribution is -2.34. The van der Waals surface area contributed by atoms with Crippen molar-refractivity contribution in [2.45, 2.75) is 114 Å². The van der Waals surface area contributed by atoms with E-state index < -0.39 is 46.8 Å². The molecule has 0 amide bonds. The number of allylic oxidation sites excluding steroid dienone is 1. The number of hydrogen-bond acceptors (Lipinski definition) is 20. The van der Waals surface area contributed by atoms with Crippen LogP contribution in [-0.2, 0) is 52.9 Å². The first kappa shape index (κ1) is 90.2. The van der Waals surface area contributed by atoms with E-state index in [4.69, 9.17) is 0 Å². The Balaban J connectivity index is 0.000000139. The van der Waals surface area contributed by atoms with Crippen molar-refractivity contribution in [3.8, 4) is 58.5 Å². The normalized spacial score (nSPS) is 13.5. The van der Waals surface area contributed by atoms with Crippen LogP contribution in [0.25, 0.3) is 64.6 Å². The summed E-state index contributed by atoms with van der Waals surface area (Å²) in [5.41, 5.74) is 4.41. The average Bonchev–Trinajstić information content (AvgIpc) is 1.69. The van der Waals surface area contributed by atoms with Gasteiger partial charge in [0.1, 0.15) is 11.2 Å². The van der Waals surface area contributed by atoms with Crippen molar-refractivity contribution in [2.24, 2.45) is 5.92 Å². The molecule has 0 fully saturated rings. The fraction of sp³-hybridized carbons (Fsp3) is 0.216. The molecule has 20 heteroatoms. The third kappa shape index (κ3) is 24.6. The van der Waals surface area contributed by atoms with Gasteiger partial charge >= 0.3 is 0 Å². The predicted molar refractivity (Wildman–Crippen MR) is 511 cm³/mol. The number of benzene rings is 4. The first-order chi connectivity index (χ1) is 56.4. The number of thiophene rings is 12. The van der Waals surface area contributed by atoms with E-state index in [2.05, 4.69) is 161 Å². The van der Waals surface area contributed by atoms with Crippen molar-refractivity contribution < 1.29 is 40.9 Å². The van der Waals surface area contributed by atoms with Crippen molar-refractivity contribution in [1.82, 2.24) is 0 Å². The van der Waals surface area contributed by atoms with Crippen LogP contribution in [0.1, 0.15) is 116 Å². The smallest absolute Gasteiger partial charge is 0.137 e. The molecule has 16 aromatic rings. The largest absolute Gasteiger partial charge is 0.393 e. The van der Waals surface area contributed by atoms with E-state index in [9.17, 15) is 40.9 Å². The second-order valence-electron chi connectivity index (χ2n) is 29.3. The molecular weight excluding hydrogens is 1680 g/mol. The van der Waals surface area contributed by atoms with Crippen LogP contribution in [0.2, 0.25) is 0 Å². The van der Waals surface area contributed by atoms with Gasteiger partial charge in [0, 0.05) is 81.9 Å². The summed E-state index contributed by atoms with van der Waals surface area (Å²) >= 11 is 20.1. The Bertz CT molecular complexity index is 5420. The summed E-state index contributed by atoms with van der Waals surface area (Å²) in [6.45, 7) is 14.6. The molecule has 0 bridgehead atoms. The zero-order valence-electron chi connectivity index (χ0n) is 66.0. The molecule has 12 aromatic heterocycles. The van der Waals surface area contributed by atoms with E-state index in [1.165, 1.54) is 55.2 Å². The summed E-state index contributed by atoms with van der Waals surface area (Å²) in [4.78, 5) is 14.0. The zero-order valence-corrected chi connectivity index (χ0v) is 75.8. The highest BCUT2D eigenvalue weighted by molar-refractivity contribution is 7.23. The number of aliphatic hydroxyl groups excluding tert-OH is 2. The molecule has 4 unspecified atom stereocenters. The molecule has 0 aliphatic carbocycles. The fourth-order valence-electron chi connectivity index (χ4n) is 13.6. The maximum absolute atomic E-state index is 11.9. The zero-order chi connectivity index (χ0) is 82.9. The quantitative estimate of drug-likeness (QED) is 0.0236. The second kappa shape index (κ2) is 43.1. The monoisotopic (exact) mass is 1770 g/mol. The van der Waals surface area contributed by atoms with Crippen LogP contribution in [0.4, 0.5) is 0 Å². The molecule has 606 valence electrons. The molecule has 117 heavy (non-hydrogen) atoms. The van der Waals surface area contributed by atoms with Gasteiger partial charge in [-0.2, -0.15) is 0 Å². The molecule has 0 aliphatic rings. The maximum atomic E-state index is 11.9. The lowest BCUT2D eigenvalue weighted by Gasteiger charge is -2.29. The molecule has 8 N–H and O–H groups in total. The second-order valence-corrected chi connectivity index (χ2v) is 40.5. The molecule has 0 aliphatic heterocycles. The van der Waals surface area contributed by atoms with Gasteiger partial charge in [-0.25, -0.2) is 0 Å². The van der Waals surface area contributed by atoms with E-state index in [0.717, 1.165) is 77.5 Å².